The van der Waals surface area contributed by atoms with Gasteiger partial charge in [-0.2, -0.15) is 0 Å². The zero-order valence-electron chi connectivity index (χ0n) is 11.1. The van der Waals surface area contributed by atoms with Crippen molar-refractivity contribution in [1.82, 2.24) is 4.98 Å². The average molecular weight is 289 g/mol. The summed E-state index contributed by atoms with van der Waals surface area (Å²) in [6, 6.07) is 0. The van der Waals surface area contributed by atoms with Crippen molar-refractivity contribution in [2.24, 2.45) is 0 Å². The molecule has 18 heavy (non-hydrogen) atoms. The predicted molar refractivity (Wildman–Crippen MR) is 70.9 cm³/mol. The molecule has 0 aliphatic carbocycles. The lowest BCUT2D eigenvalue weighted by molar-refractivity contribution is 0.00578. The third kappa shape index (κ3) is 2.34. The van der Waals surface area contributed by atoms with Crippen molar-refractivity contribution in [2.75, 3.05) is 6.26 Å². The van der Waals surface area contributed by atoms with Gasteiger partial charge in [-0.25, -0.2) is 13.4 Å². The van der Waals surface area contributed by atoms with E-state index in [1.54, 1.807) is 0 Å². The monoisotopic (exact) mass is 289 g/mol. The number of nitrogens with zero attached hydrogens (tertiary/aromatic N) is 1. The molecular formula is C10H16BNO4S2. The highest BCUT2D eigenvalue weighted by Crippen LogP contribution is 2.36. The van der Waals surface area contributed by atoms with Gasteiger partial charge in [0.2, 0.25) is 14.2 Å². The van der Waals surface area contributed by atoms with Crippen molar-refractivity contribution >= 4 is 33.1 Å². The smallest absolute Gasteiger partial charge is 0.399 e. The zero-order chi connectivity index (χ0) is 13.8. The molecule has 0 amide bonds. The second-order valence-electron chi connectivity index (χ2n) is 5.39. The van der Waals surface area contributed by atoms with Gasteiger partial charge >= 0.3 is 7.12 Å². The molecular weight excluding hydrogens is 273 g/mol. The normalized spacial score (nSPS) is 22.4. The third-order valence-electron chi connectivity index (χ3n) is 3.31. The zero-order valence-corrected chi connectivity index (χ0v) is 12.7. The van der Waals surface area contributed by atoms with Crippen LogP contribution in [0.4, 0.5) is 0 Å². The minimum absolute atomic E-state index is 0.0900. The lowest BCUT2D eigenvalue weighted by Crippen LogP contribution is -2.41. The molecule has 5 nitrogen and oxygen atoms in total. The van der Waals surface area contributed by atoms with Crippen molar-refractivity contribution in [1.29, 1.82) is 0 Å². The molecule has 1 aliphatic rings. The molecule has 8 heteroatoms. The van der Waals surface area contributed by atoms with E-state index in [4.69, 9.17) is 9.31 Å². The van der Waals surface area contributed by atoms with Crippen LogP contribution in [-0.2, 0) is 19.1 Å². The molecule has 0 atom stereocenters. The Morgan fingerprint density at radius 2 is 1.72 bits per heavy atom. The van der Waals surface area contributed by atoms with Gasteiger partial charge in [0.15, 0.2) is 0 Å². The Morgan fingerprint density at radius 1 is 1.22 bits per heavy atom. The quantitative estimate of drug-likeness (QED) is 0.755. The van der Waals surface area contributed by atoms with E-state index in [-0.39, 0.29) is 4.34 Å². The van der Waals surface area contributed by atoms with Crippen LogP contribution in [0.5, 0.6) is 0 Å². The van der Waals surface area contributed by atoms with Gasteiger partial charge in [0.1, 0.15) is 0 Å². The molecule has 1 aromatic heterocycles. The van der Waals surface area contributed by atoms with E-state index in [0.717, 1.165) is 17.6 Å². The van der Waals surface area contributed by atoms with Crippen molar-refractivity contribution in [3.8, 4) is 0 Å². The Morgan fingerprint density at radius 3 is 2.11 bits per heavy atom. The fourth-order valence-corrected chi connectivity index (χ4v) is 3.25. The standard InChI is InChI=1S/C10H16BNO4S2/c1-9(2)10(3,4)16-11(15-9)7-6-12-8(17-7)18(5,13)14/h6H,1-5H3. The van der Waals surface area contributed by atoms with Crippen molar-refractivity contribution < 1.29 is 17.7 Å². The SMILES string of the molecule is CC1(C)OB(c2cnc(S(C)(=O)=O)s2)OC1(C)C. The van der Waals surface area contributed by atoms with E-state index in [9.17, 15) is 8.42 Å². The first-order chi connectivity index (χ1) is 8.03. The molecule has 0 radical (unpaired) electrons. The molecule has 2 rings (SSSR count). The van der Waals surface area contributed by atoms with E-state index < -0.39 is 28.2 Å². The highest BCUT2D eigenvalue weighted by molar-refractivity contribution is 7.92. The molecule has 0 spiro atoms. The van der Waals surface area contributed by atoms with Crippen molar-refractivity contribution in [2.45, 2.75) is 43.2 Å². The van der Waals surface area contributed by atoms with Crippen LogP contribution < -0.4 is 4.78 Å². The van der Waals surface area contributed by atoms with Crippen LogP contribution >= 0.6 is 11.3 Å². The second kappa shape index (κ2) is 4.03. The molecule has 0 saturated carbocycles. The third-order valence-corrected chi connectivity index (χ3v) is 6.02. The Hall–Kier alpha value is -0.435. The first kappa shape index (κ1) is 14.0. The van der Waals surface area contributed by atoms with Crippen LogP contribution in [0.25, 0.3) is 0 Å². The highest BCUT2D eigenvalue weighted by Gasteiger charge is 2.52. The first-order valence-electron chi connectivity index (χ1n) is 5.54. The molecule has 2 heterocycles. The number of aromatic nitrogens is 1. The molecule has 0 unspecified atom stereocenters. The van der Waals surface area contributed by atoms with E-state index in [2.05, 4.69) is 4.98 Å². The molecule has 1 saturated heterocycles. The van der Waals surface area contributed by atoms with Crippen molar-refractivity contribution in [3.05, 3.63) is 6.20 Å². The van der Waals surface area contributed by atoms with E-state index in [1.165, 1.54) is 6.20 Å². The van der Waals surface area contributed by atoms with Gasteiger partial charge < -0.3 is 9.31 Å². The maximum absolute atomic E-state index is 11.4. The van der Waals surface area contributed by atoms with E-state index in [1.807, 2.05) is 27.7 Å². The molecule has 100 valence electrons. The fraction of sp³-hybridized carbons (Fsp3) is 0.700. The summed E-state index contributed by atoms with van der Waals surface area (Å²) >= 11 is 1.09. The summed E-state index contributed by atoms with van der Waals surface area (Å²) in [6.45, 7) is 7.80. The summed E-state index contributed by atoms with van der Waals surface area (Å²) in [5.41, 5.74) is -0.875. The van der Waals surface area contributed by atoms with Crippen LogP contribution in [0.1, 0.15) is 27.7 Å². The summed E-state index contributed by atoms with van der Waals surface area (Å²) in [4.78, 5) is 3.90. The summed E-state index contributed by atoms with van der Waals surface area (Å²) in [6.07, 6.45) is 2.64. The highest BCUT2D eigenvalue weighted by atomic mass is 32.2. The lowest BCUT2D eigenvalue weighted by Gasteiger charge is -2.32. The summed E-state index contributed by atoms with van der Waals surface area (Å²) in [7, 11) is -3.83. The van der Waals surface area contributed by atoms with Gasteiger partial charge in [0.25, 0.3) is 0 Å². The van der Waals surface area contributed by atoms with Gasteiger partial charge in [-0.15, -0.1) is 11.3 Å². The summed E-state index contributed by atoms with van der Waals surface area (Å²) in [5.74, 6) is 0. The largest absolute Gasteiger partial charge is 0.507 e. The van der Waals surface area contributed by atoms with E-state index in [0.29, 0.717) is 4.78 Å². The molecule has 0 aromatic carbocycles. The summed E-state index contributed by atoms with van der Waals surface area (Å²) in [5, 5.41) is 0. The molecule has 1 aliphatic heterocycles. The first-order valence-corrected chi connectivity index (χ1v) is 8.25. The maximum atomic E-state index is 11.4. The number of thiazole rings is 1. The van der Waals surface area contributed by atoms with Crippen LogP contribution in [0.3, 0.4) is 0 Å². The topological polar surface area (TPSA) is 65.5 Å². The number of hydrogen-bond acceptors (Lipinski definition) is 6. The minimum atomic E-state index is -3.27. The lowest BCUT2D eigenvalue weighted by atomic mass is 9.89. The Labute approximate surface area is 112 Å². The van der Waals surface area contributed by atoms with Crippen LogP contribution in [0.15, 0.2) is 10.5 Å². The predicted octanol–water partition coefficient (Wildman–Crippen LogP) is 0.846. The molecule has 0 bridgehead atoms. The molecule has 0 N–H and O–H groups in total. The Bertz CT molecular complexity index is 548. The molecule has 1 aromatic rings. The average Bonchev–Trinajstić information content (AvgIpc) is 2.69. The maximum Gasteiger partial charge on any atom is 0.507 e. The second-order valence-corrected chi connectivity index (χ2v) is 8.64. The fourth-order valence-electron chi connectivity index (χ4n) is 1.51. The Kier molecular flexibility index (Phi) is 3.13. The van der Waals surface area contributed by atoms with Gasteiger partial charge in [-0.3, -0.25) is 0 Å². The molecule has 1 fully saturated rings. The number of rotatable bonds is 2. The van der Waals surface area contributed by atoms with Crippen LogP contribution in [-0.4, -0.2) is 38.0 Å². The van der Waals surface area contributed by atoms with Crippen LogP contribution in [0.2, 0.25) is 0 Å². The summed E-state index contributed by atoms with van der Waals surface area (Å²) < 4.78 is 35.2. The van der Waals surface area contributed by atoms with Gasteiger partial charge in [-0.1, -0.05) is 0 Å². The van der Waals surface area contributed by atoms with Gasteiger partial charge in [0.05, 0.1) is 16.0 Å². The van der Waals surface area contributed by atoms with E-state index >= 15 is 0 Å². The van der Waals surface area contributed by atoms with Gasteiger partial charge in [-0.05, 0) is 27.7 Å². The van der Waals surface area contributed by atoms with Crippen molar-refractivity contribution in [3.63, 3.8) is 0 Å². The van der Waals surface area contributed by atoms with Crippen LogP contribution in [0, 0.1) is 0 Å². The van der Waals surface area contributed by atoms with Gasteiger partial charge in [0, 0.05) is 12.5 Å². The minimum Gasteiger partial charge on any atom is -0.399 e. The number of hydrogen-bond donors (Lipinski definition) is 0. The Balaban J connectivity index is 2.28. The number of sulfone groups is 1.